The molecule has 0 aliphatic rings. The van der Waals surface area contributed by atoms with Crippen LogP contribution in [0.25, 0.3) is 11.4 Å². The zero-order valence-electron chi connectivity index (χ0n) is 11.0. The summed E-state index contributed by atoms with van der Waals surface area (Å²) >= 11 is 7.48. The lowest BCUT2D eigenvalue weighted by molar-refractivity contribution is 0.391. The van der Waals surface area contributed by atoms with E-state index in [0.717, 1.165) is 16.1 Å². The number of anilines is 1. The number of halogens is 1. The molecule has 0 aliphatic carbocycles. The number of nitrogens with zero attached hydrogens (tertiary/aromatic N) is 2. The molecule has 1 aromatic heterocycles. The van der Waals surface area contributed by atoms with E-state index in [1.807, 2.05) is 36.4 Å². The van der Waals surface area contributed by atoms with Crippen LogP contribution in [0.15, 0.2) is 57.9 Å². The minimum absolute atomic E-state index is 0.569. The molecule has 0 atom stereocenters. The highest BCUT2D eigenvalue weighted by molar-refractivity contribution is 7.98. The van der Waals surface area contributed by atoms with Crippen LogP contribution >= 0.6 is 23.4 Å². The Morgan fingerprint density at radius 2 is 1.76 bits per heavy atom. The molecule has 2 N–H and O–H groups in total. The second kappa shape index (κ2) is 6.20. The largest absolute Gasteiger partial charge is 0.399 e. The SMILES string of the molecule is Nc1ccc(SCc2nc(-c3ccc(Cl)cc3)no2)cc1. The van der Waals surface area contributed by atoms with Gasteiger partial charge in [0.05, 0.1) is 5.75 Å². The fourth-order valence-electron chi connectivity index (χ4n) is 1.74. The summed E-state index contributed by atoms with van der Waals surface area (Å²) < 4.78 is 5.26. The van der Waals surface area contributed by atoms with Crippen molar-refractivity contribution in [2.75, 3.05) is 5.73 Å². The molecule has 0 unspecified atom stereocenters. The first-order valence-electron chi connectivity index (χ1n) is 6.27. The van der Waals surface area contributed by atoms with Gasteiger partial charge in [0.2, 0.25) is 11.7 Å². The quantitative estimate of drug-likeness (QED) is 0.575. The molecule has 2 aromatic carbocycles. The monoisotopic (exact) mass is 317 g/mol. The van der Waals surface area contributed by atoms with Crippen molar-refractivity contribution in [3.05, 3.63) is 59.4 Å². The van der Waals surface area contributed by atoms with Gasteiger partial charge in [-0.2, -0.15) is 4.98 Å². The van der Waals surface area contributed by atoms with Gasteiger partial charge in [-0.05, 0) is 48.5 Å². The average molecular weight is 318 g/mol. The molecule has 3 rings (SSSR count). The molecular formula is C15H12ClN3OS. The molecule has 3 aromatic rings. The molecule has 0 fully saturated rings. The normalized spacial score (nSPS) is 10.7. The maximum Gasteiger partial charge on any atom is 0.237 e. The van der Waals surface area contributed by atoms with E-state index in [9.17, 15) is 0 Å². The fraction of sp³-hybridized carbons (Fsp3) is 0.0667. The highest BCUT2D eigenvalue weighted by Gasteiger charge is 2.09. The lowest BCUT2D eigenvalue weighted by Gasteiger charge is -1.98. The van der Waals surface area contributed by atoms with Crippen molar-refractivity contribution < 1.29 is 4.52 Å². The molecule has 21 heavy (non-hydrogen) atoms. The molecule has 0 saturated heterocycles. The summed E-state index contributed by atoms with van der Waals surface area (Å²) in [6.07, 6.45) is 0. The van der Waals surface area contributed by atoms with Gasteiger partial charge in [-0.3, -0.25) is 0 Å². The Bertz CT molecular complexity index is 725. The predicted octanol–water partition coefficient (Wildman–Crippen LogP) is 4.26. The Kier molecular flexibility index (Phi) is 4.13. The Hall–Kier alpha value is -1.98. The van der Waals surface area contributed by atoms with Gasteiger partial charge in [0, 0.05) is 21.2 Å². The van der Waals surface area contributed by atoms with Crippen LogP contribution in [0.4, 0.5) is 5.69 Å². The summed E-state index contributed by atoms with van der Waals surface area (Å²) in [6.45, 7) is 0. The molecule has 106 valence electrons. The number of nitrogens with two attached hydrogens (primary N) is 1. The van der Waals surface area contributed by atoms with E-state index >= 15 is 0 Å². The van der Waals surface area contributed by atoms with Crippen LogP contribution in [0.2, 0.25) is 5.02 Å². The standard InChI is InChI=1S/C15H12ClN3OS/c16-11-3-1-10(2-4-11)15-18-14(20-19-15)9-21-13-7-5-12(17)6-8-13/h1-8H,9,17H2. The van der Waals surface area contributed by atoms with Gasteiger partial charge in [0.15, 0.2) is 0 Å². The highest BCUT2D eigenvalue weighted by atomic mass is 35.5. The van der Waals surface area contributed by atoms with Gasteiger partial charge < -0.3 is 10.3 Å². The first-order chi connectivity index (χ1) is 10.2. The van der Waals surface area contributed by atoms with Crippen molar-refractivity contribution in [3.8, 4) is 11.4 Å². The molecule has 6 heteroatoms. The number of thioether (sulfide) groups is 1. The second-order valence-electron chi connectivity index (χ2n) is 4.38. The summed E-state index contributed by atoms with van der Waals surface area (Å²) in [5.41, 5.74) is 7.29. The van der Waals surface area contributed by atoms with E-state index in [1.54, 1.807) is 23.9 Å². The molecule has 0 aliphatic heterocycles. The zero-order valence-corrected chi connectivity index (χ0v) is 12.6. The first-order valence-corrected chi connectivity index (χ1v) is 7.64. The third kappa shape index (κ3) is 3.56. The number of hydrogen-bond donors (Lipinski definition) is 1. The molecule has 1 heterocycles. The summed E-state index contributed by atoms with van der Waals surface area (Å²) in [7, 11) is 0. The van der Waals surface area contributed by atoms with Gasteiger partial charge in [-0.15, -0.1) is 11.8 Å². The van der Waals surface area contributed by atoms with Crippen molar-refractivity contribution in [3.63, 3.8) is 0 Å². The van der Waals surface area contributed by atoms with E-state index in [2.05, 4.69) is 10.1 Å². The van der Waals surface area contributed by atoms with Crippen LogP contribution in [0.1, 0.15) is 5.89 Å². The number of nitrogen functional groups attached to an aromatic ring is 1. The molecule has 0 amide bonds. The Balaban J connectivity index is 1.67. The summed E-state index contributed by atoms with van der Waals surface area (Å²) in [6, 6.07) is 15.0. The summed E-state index contributed by atoms with van der Waals surface area (Å²) in [5, 5.41) is 4.66. The van der Waals surface area contributed by atoms with E-state index in [1.165, 1.54) is 0 Å². The number of hydrogen-bond acceptors (Lipinski definition) is 5. The summed E-state index contributed by atoms with van der Waals surface area (Å²) in [5.74, 6) is 1.77. The van der Waals surface area contributed by atoms with Crippen LogP contribution < -0.4 is 5.73 Å². The Morgan fingerprint density at radius 3 is 2.48 bits per heavy atom. The third-order valence-electron chi connectivity index (χ3n) is 2.81. The topological polar surface area (TPSA) is 64.9 Å². The lowest BCUT2D eigenvalue weighted by Crippen LogP contribution is -1.84. The second-order valence-corrected chi connectivity index (χ2v) is 5.86. The van der Waals surface area contributed by atoms with Gasteiger partial charge in [0.1, 0.15) is 0 Å². The Morgan fingerprint density at radius 1 is 1.05 bits per heavy atom. The number of aromatic nitrogens is 2. The van der Waals surface area contributed by atoms with Crippen LogP contribution in [-0.4, -0.2) is 10.1 Å². The van der Waals surface area contributed by atoms with Crippen molar-refractivity contribution in [1.29, 1.82) is 0 Å². The van der Waals surface area contributed by atoms with Gasteiger partial charge in [-0.25, -0.2) is 0 Å². The molecule has 0 bridgehead atoms. The molecule has 0 saturated carbocycles. The smallest absolute Gasteiger partial charge is 0.237 e. The molecule has 0 spiro atoms. The fourth-order valence-corrected chi connectivity index (χ4v) is 2.60. The van der Waals surface area contributed by atoms with Crippen LogP contribution in [-0.2, 0) is 5.75 Å². The highest BCUT2D eigenvalue weighted by Crippen LogP contribution is 2.24. The van der Waals surface area contributed by atoms with E-state index in [-0.39, 0.29) is 0 Å². The number of rotatable bonds is 4. The van der Waals surface area contributed by atoms with E-state index < -0.39 is 0 Å². The van der Waals surface area contributed by atoms with Gasteiger partial charge in [0.25, 0.3) is 0 Å². The zero-order chi connectivity index (χ0) is 14.7. The Labute approximate surface area is 131 Å². The maximum absolute atomic E-state index is 5.86. The van der Waals surface area contributed by atoms with Crippen molar-refractivity contribution in [1.82, 2.24) is 10.1 Å². The molecular weight excluding hydrogens is 306 g/mol. The maximum atomic E-state index is 5.86. The van der Waals surface area contributed by atoms with Crippen molar-refractivity contribution in [2.45, 2.75) is 10.6 Å². The molecule has 4 nitrogen and oxygen atoms in total. The minimum Gasteiger partial charge on any atom is -0.399 e. The third-order valence-corrected chi connectivity index (χ3v) is 4.06. The minimum atomic E-state index is 0.569. The van der Waals surface area contributed by atoms with E-state index in [0.29, 0.717) is 22.5 Å². The summed E-state index contributed by atoms with van der Waals surface area (Å²) in [4.78, 5) is 5.48. The van der Waals surface area contributed by atoms with Gasteiger partial charge >= 0.3 is 0 Å². The number of benzene rings is 2. The van der Waals surface area contributed by atoms with Crippen LogP contribution in [0, 0.1) is 0 Å². The first kappa shape index (κ1) is 14.0. The van der Waals surface area contributed by atoms with Gasteiger partial charge in [-0.1, -0.05) is 16.8 Å². The lowest BCUT2D eigenvalue weighted by atomic mass is 10.2. The van der Waals surface area contributed by atoms with Crippen molar-refractivity contribution in [2.24, 2.45) is 0 Å². The van der Waals surface area contributed by atoms with Crippen molar-refractivity contribution >= 4 is 29.1 Å². The predicted molar refractivity (Wildman–Crippen MR) is 85.2 cm³/mol. The van der Waals surface area contributed by atoms with E-state index in [4.69, 9.17) is 21.9 Å². The molecule has 0 radical (unpaired) electrons. The average Bonchev–Trinajstić information content (AvgIpc) is 2.96. The van der Waals surface area contributed by atoms with Crippen LogP contribution in [0.3, 0.4) is 0 Å². The van der Waals surface area contributed by atoms with Crippen LogP contribution in [0.5, 0.6) is 0 Å².